The molecule has 2 amide bonds. The maximum absolute atomic E-state index is 12.0. The highest BCUT2D eigenvalue weighted by Crippen LogP contribution is 2.10. The minimum Gasteiger partial charge on any atom is -0.356 e. The van der Waals surface area contributed by atoms with Gasteiger partial charge in [-0.3, -0.25) is 9.59 Å². The summed E-state index contributed by atoms with van der Waals surface area (Å²) in [5.41, 5.74) is 0. The Kier molecular flexibility index (Phi) is 11.5. The Morgan fingerprint density at radius 1 is 1.00 bits per heavy atom. The van der Waals surface area contributed by atoms with Crippen LogP contribution in [-0.4, -0.2) is 49.9 Å². The zero-order valence-electron chi connectivity index (χ0n) is 12.5. The Morgan fingerprint density at radius 2 is 1.65 bits per heavy atom. The van der Waals surface area contributed by atoms with Gasteiger partial charge in [0.15, 0.2) is 0 Å². The van der Waals surface area contributed by atoms with Crippen molar-refractivity contribution in [2.75, 3.05) is 33.2 Å². The van der Waals surface area contributed by atoms with Gasteiger partial charge in [-0.15, -0.1) is 12.4 Å². The van der Waals surface area contributed by atoms with E-state index in [1.807, 2.05) is 11.9 Å². The lowest BCUT2D eigenvalue weighted by Crippen LogP contribution is -2.35. The summed E-state index contributed by atoms with van der Waals surface area (Å²) < 4.78 is 0. The Morgan fingerprint density at radius 3 is 2.25 bits per heavy atom. The molecule has 118 valence electrons. The van der Waals surface area contributed by atoms with E-state index >= 15 is 0 Å². The molecule has 0 atom stereocenters. The van der Waals surface area contributed by atoms with Crippen LogP contribution in [0.2, 0.25) is 0 Å². The fourth-order valence-corrected chi connectivity index (χ4v) is 2.30. The van der Waals surface area contributed by atoms with Gasteiger partial charge in [0, 0.05) is 32.5 Å². The Labute approximate surface area is 128 Å². The molecule has 0 aromatic heterocycles. The number of nitrogens with zero attached hydrogens (tertiary/aromatic N) is 1. The van der Waals surface area contributed by atoms with Gasteiger partial charge >= 0.3 is 0 Å². The maximum atomic E-state index is 12.0. The molecule has 0 saturated carbocycles. The van der Waals surface area contributed by atoms with Gasteiger partial charge in [0.2, 0.25) is 11.8 Å². The summed E-state index contributed by atoms with van der Waals surface area (Å²) in [6.45, 7) is 3.08. The lowest BCUT2D eigenvalue weighted by molar-refractivity contribution is -0.131. The molecule has 1 fully saturated rings. The number of rotatable bonds is 7. The highest BCUT2D eigenvalue weighted by atomic mass is 35.5. The standard InChI is InChI=1S/C14H27N3O2.ClH/c1-15-9-6-7-13(18)16-10-8-14(19)17-11-4-2-3-5-12-17;/h15H,2-12H2,1H3,(H,16,18);1H. The zero-order chi connectivity index (χ0) is 13.9. The van der Waals surface area contributed by atoms with Crippen molar-refractivity contribution in [3.63, 3.8) is 0 Å². The van der Waals surface area contributed by atoms with Gasteiger partial charge in [-0.1, -0.05) is 12.8 Å². The van der Waals surface area contributed by atoms with Gasteiger partial charge in [0.05, 0.1) is 0 Å². The second-order valence-electron chi connectivity index (χ2n) is 5.10. The molecule has 1 aliphatic rings. The average molecular weight is 306 g/mol. The van der Waals surface area contributed by atoms with Gasteiger partial charge < -0.3 is 15.5 Å². The smallest absolute Gasteiger partial charge is 0.224 e. The van der Waals surface area contributed by atoms with Gasteiger partial charge in [-0.2, -0.15) is 0 Å². The lowest BCUT2D eigenvalue weighted by atomic mass is 10.2. The quantitative estimate of drug-likeness (QED) is 0.697. The summed E-state index contributed by atoms with van der Waals surface area (Å²) in [5.74, 6) is 0.219. The van der Waals surface area contributed by atoms with E-state index in [0.29, 0.717) is 19.4 Å². The molecule has 0 aliphatic carbocycles. The number of carbonyl (C=O) groups is 2. The summed E-state index contributed by atoms with van der Waals surface area (Å²) in [4.78, 5) is 25.4. The highest BCUT2D eigenvalue weighted by Gasteiger charge is 2.15. The predicted octanol–water partition coefficient (Wildman–Crippen LogP) is 1.32. The number of likely N-dealkylation sites (tertiary alicyclic amines) is 1. The minimum atomic E-state index is 0. The number of hydrogen-bond acceptors (Lipinski definition) is 3. The molecule has 0 unspecified atom stereocenters. The molecule has 1 saturated heterocycles. The topological polar surface area (TPSA) is 61.4 Å². The fourth-order valence-electron chi connectivity index (χ4n) is 2.30. The van der Waals surface area contributed by atoms with Crippen LogP contribution in [0.15, 0.2) is 0 Å². The third-order valence-corrected chi connectivity index (χ3v) is 3.45. The van der Waals surface area contributed by atoms with E-state index in [9.17, 15) is 9.59 Å². The van der Waals surface area contributed by atoms with Crippen LogP contribution in [0.1, 0.15) is 44.9 Å². The number of amides is 2. The molecular formula is C14H28ClN3O2. The monoisotopic (exact) mass is 305 g/mol. The zero-order valence-corrected chi connectivity index (χ0v) is 13.3. The SMILES string of the molecule is CNCCCC(=O)NCCC(=O)N1CCCCCC1.Cl. The van der Waals surface area contributed by atoms with Crippen molar-refractivity contribution in [2.45, 2.75) is 44.9 Å². The van der Waals surface area contributed by atoms with Crippen molar-refractivity contribution in [1.29, 1.82) is 0 Å². The first-order valence-electron chi connectivity index (χ1n) is 7.43. The van der Waals surface area contributed by atoms with Crippen molar-refractivity contribution in [3.8, 4) is 0 Å². The maximum Gasteiger partial charge on any atom is 0.224 e. The van der Waals surface area contributed by atoms with Crippen LogP contribution in [0, 0.1) is 0 Å². The van der Waals surface area contributed by atoms with Gasteiger partial charge in [0.25, 0.3) is 0 Å². The second-order valence-corrected chi connectivity index (χ2v) is 5.10. The Balaban J connectivity index is 0.00000361. The summed E-state index contributed by atoms with van der Waals surface area (Å²) >= 11 is 0. The number of halogens is 1. The number of hydrogen-bond donors (Lipinski definition) is 2. The third kappa shape index (κ3) is 8.38. The fraction of sp³-hybridized carbons (Fsp3) is 0.857. The molecular weight excluding hydrogens is 278 g/mol. The summed E-state index contributed by atoms with van der Waals surface area (Å²) in [6, 6.07) is 0. The van der Waals surface area contributed by atoms with Crippen LogP contribution in [-0.2, 0) is 9.59 Å². The van der Waals surface area contributed by atoms with Crippen molar-refractivity contribution < 1.29 is 9.59 Å². The van der Waals surface area contributed by atoms with Crippen molar-refractivity contribution in [1.82, 2.24) is 15.5 Å². The molecule has 6 heteroatoms. The molecule has 0 aromatic carbocycles. The van der Waals surface area contributed by atoms with E-state index in [0.717, 1.165) is 38.9 Å². The summed E-state index contributed by atoms with van der Waals surface area (Å²) in [6.07, 6.45) is 6.47. The number of nitrogens with one attached hydrogen (secondary N) is 2. The van der Waals surface area contributed by atoms with Crippen LogP contribution in [0.5, 0.6) is 0 Å². The third-order valence-electron chi connectivity index (χ3n) is 3.45. The molecule has 0 aromatic rings. The van der Waals surface area contributed by atoms with Crippen LogP contribution in [0.3, 0.4) is 0 Å². The Bertz CT molecular complexity index is 280. The van der Waals surface area contributed by atoms with Gasteiger partial charge in [0.1, 0.15) is 0 Å². The van der Waals surface area contributed by atoms with Crippen molar-refractivity contribution in [3.05, 3.63) is 0 Å². The van der Waals surface area contributed by atoms with E-state index in [4.69, 9.17) is 0 Å². The molecule has 20 heavy (non-hydrogen) atoms. The normalized spacial score (nSPS) is 15.2. The van der Waals surface area contributed by atoms with Gasteiger partial charge in [-0.05, 0) is 32.9 Å². The van der Waals surface area contributed by atoms with Crippen LogP contribution in [0.4, 0.5) is 0 Å². The van der Waals surface area contributed by atoms with E-state index in [2.05, 4.69) is 10.6 Å². The van der Waals surface area contributed by atoms with E-state index in [-0.39, 0.29) is 24.2 Å². The minimum absolute atomic E-state index is 0. The van der Waals surface area contributed by atoms with Crippen LogP contribution < -0.4 is 10.6 Å². The second kappa shape index (κ2) is 12.0. The van der Waals surface area contributed by atoms with Crippen LogP contribution >= 0.6 is 12.4 Å². The first-order chi connectivity index (χ1) is 9.24. The first-order valence-corrected chi connectivity index (χ1v) is 7.43. The molecule has 1 heterocycles. The molecule has 0 radical (unpaired) electrons. The van der Waals surface area contributed by atoms with E-state index < -0.39 is 0 Å². The molecule has 1 aliphatic heterocycles. The summed E-state index contributed by atoms with van der Waals surface area (Å²) in [7, 11) is 1.87. The van der Waals surface area contributed by atoms with Crippen molar-refractivity contribution in [2.24, 2.45) is 0 Å². The van der Waals surface area contributed by atoms with Crippen LogP contribution in [0.25, 0.3) is 0 Å². The average Bonchev–Trinajstić information content (AvgIpc) is 2.68. The molecule has 0 bridgehead atoms. The molecule has 5 nitrogen and oxygen atoms in total. The largest absolute Gasteiger partial charge is 0.356 e. The Hall–Kier alpha value is -0.810. The van der Waals surface area contributed by atoms with Crippen molar-refractivity contribution >= 4 is 24.2 Å². The van der Waals surface area contributed by atoms with E-state index in [1.165, 1.54) is 12.8 Å². The van der Waals surface area contributed by atoms with E-state index in [1.54, 1.807) is 0 Å². The number of carbonyl (C=O) groups excluding carboxylic acids is 2. The molecule has 2 N–H and O–H groups in total. The van der Waals surface area contributed by atoms with Gasteiger partial charge in [-0.25, -0.2) is 0 Å². The first kappa shape index (κ1) is 19.2. The molecule has 0 spiro atoms. The molecule has 1 rings (SSSR count). The summed E-state index contributed by atoms with van der Waals surface area (Å²) in [5, 5.41) is 5.82. The predicted molar refractivity (Wildman–Crippen MR) is 83.1 cm³/mol. The highest BCUT2D eigenvalue weighted by molar-refractivity contribution is 5.85. The lowest BCUT2D eigenvalue weighted by Gasteiger charge is -2.20.